The lowest BCUT2D eigenvalue weighted by molar-refractivity contribution is -0.156. The first-order valence-electron chi connectivity index (χ1n) is 3.45. The van der Waals surface area contributed by atoms with Crippen LogP contribution in [0.5, 0.6) is 0 Å². The molecular formula is C7H13NO3. The Balaban J connectivity index is 3.81. The van der Waals surface area contributed by atoms with Gasteiger partial charge < -0.3 is 4.74 Å². The highest BCUT2D eigenvalue weighted by atomic mass is 16.6. The SMILES string of the molecule is CNC(C=O)OC(=O)C(C)C. The second kappa shape index (κ2) is 4.85. The van der Waals surface area contributed by atoms with E-state index in [1.165, 1.54) is 0 Å². The minimum atomic E-state index is -0.815. The lowest BCUT2D eigenvalue weighted by atomic mass is 10.2. The highest BCUT2D eigenvalue weighted by Crippen LogP contribution is 1.96. The summed E-state index contributed by atoms with van der Waals surface area (Å²) in [7, 11) is 1.55. The number of hydrogen-bond acceptors (Lipinski definition) is 4. The summed E-state index contributed by atoms with van der Waals surface area (Å²) in [6.45, 7) is 3.42. The van der Waals surface area contributed by atoms with Crippen LogP contribution in [0.3, 0.4) is 0 Å². The molecule has 1 N–H and O–H groups in total. The lowest BCUT2D eigenvalue weighted by Gasteiger charge is -2.11. The van der Waals surface area contributed by atoms with Crippen LogP contribution in [0.25, 0.3) is 0 Å². The molecule has 0 fully saturated rings. The third kappa shape index (κ3) is 3.72. The Hall–Kier alpha value is -0.900. The Morgan fingerprint density at radius 1 is 1.55 bits per heavy atom. The van der Waals surface area contributed by atoms with Crippen LogP contribution in [-0.2, 0) is 14.3 Å². The number of nitrogens with one attached hydrogen (secondary N) is 1. The maximum Gasteiger partial charge on any atom is 0.310 e. The van der Waals surface area contributed by atoms with E-state index in [-0.39, 0.29) is 11.9 Å². The molecule has 0 radical (unpaired) electrons. The average Bonchev–Trinajstić information content (AvgIpc) is 1.99. The summed E-state index contributed by atoms with van der Waals surface area (Å²) in [4.78, 5) is 21.0. The number of hydrogen-bond donors (Lipinski definition) is 1. The number of carbonyl (C=O) groups is 2. The molecule has 0 aliphatic rings. The Morgan fingerprint density at radius 2 is 2.09 bits per heavy atom. The summed E-state index contributed by atoms with van der Waals surface area (Å²) < 4.78 is 4.69. The molecule has 0 aliphatic heterocycles. The molecule has 0 aromatic heterocycles. The van der Waals surface area contributed by atoms with E-state index in [9.17, 15) is 9.59 Å². The molecule has 0 spiro atoms. The quantitative estimate of drug-likeness (QED) is 0.354. The molecule has 0 rings (SSSR count). The van der Waals surface area contributed by atoms with Crippen molar-refractivity contribution in [1.82, 2.24) is 5.32 Å². The molecule has 0 bridgehead atoms. The second-order valence-electron chi connectivity index (χ2n) is 2.44. The smallest absolute Gasteiger partial charge is 0.310 e. The van der Waals surface area contributed by atoms with Gasteiger partial charge in [0.2, 0.25) is 6.23 Å². The molecular weight excluding hydrogens is 146 g/mol. The van der Waals surface area contributed by atoms with Crippen LogP contribution >= 0.6 is 0 Å². The van der Waals surface area contributed by atoms with Gasteiger partial charge in [0.15, 0.2) is 6.29 Å². The van der Waals surface area contributed by atoms with Crippen molar-refractivity contribution in [3.63, 3.8) is 0 Å². The standard InChI is InChI=1S/C7H13NO3/c1-5(2)7(10)11-6(4-9)8-3/h4-6,8H,1-3H3. The molecule has 0 saturated heterocycles. The highest BCUT2D eigenvalue weighted by molar-refractivity contribution is 5.74. The van der Waals surface area contributed by atoms with Gasteiger partial charge in [-0.2, -0.15) is 0 Å². The number of rotatable bonds is 4. The molecule has 4 nitrogen and oxygen atoms in total. The normalized spacial score (nSPS) is 12.7. The van der Waals surface area contributed by atoms with Gasteiger partial charge in [0.1, 0.15) is 0 Å². The van der Waals surface area contributed by atoms with E-state index in [1.807, 2.05) is 0 Å². The minimum Gasteiger partial charge on any atom is -0.439 e. The van der Waals surface area contributed by atoms with E-state index in [1.54, 1.807) is 20.9 Å². The Labute approximate surface area is 65.9 Å². The van der Waals surface area contributed by atoms with Gasteiger partial charge in [-0.15, -0.1) is 0 Å². The fourth-order valence-corrected chi connectivity index (χ4v) is 0.416. The first kappa shape index (κ1) is 10.1. The van der Waals surface area contributed by atoms with Gasteiger partial charge in [0, 0.05) is 0 Å². The molecule has 0 heterocycles. The zero-order valence-electron chi connectivity index (χ0n) is 6.96. The van der Waals surface area contributed by atoms with Crippen LogP contribution < -0.4 is 5.32 Å². The summed E-state index contributed by atoms with van der Waals surface area (Å²) in [5, 5.41) is 2.53. The fourth-order valence-electron chi connectivity index (χ4n) is 0.416. The number of aldehydes is 1. The van der Waals surface area contributed by atoms with Gasteiger partial charge in [-0.05, 0) is 7.05 Å². The van der Waals surface area contributed by atoms with Crippen molar-refractivity contribution < 1.29 is 14.3 Å². The maximum absolute atomic E-state index is 10.8. The van der Waals surface area contributed by atoms with Crippen molar-refractivity contribution in [1.29, 1.82) is 0 Å². The largest absolute Gasteiger partial charge is 0.439 e. The van der Waals surface area contributed by atoms with Crippen molar-refractivity contribution in [3.8, 4) is 0 Å². The zero-order chi connectivity index (χ0) is 8.85. The minimum absolute atomic E-state index is 0.203. The Morgan fingerprint density at radius 3 is 2.36 bits per heavy atom. The molecule has 0 aliphatic carbocycles. The third-order valence-electron chi connectivity index (χ3n) is 1.12. The van der Waals surface area contributed by atoms with Gasteiger partial charge in [0.05, 0.1) is 5.92 Å². The van der Waals surface area contributed by atoms with E-state index in [4.69, 9.17) is 4.74 Å². The van der Waals surface area contributed by atoms with E-state index in [0.29, 0.717) is 6.29 Å². The Kier molecular flexibility index (Phi) is 4.45. The highest BCUT2D eigenvalue weighted by Gasteiger charge is 2.13. The van der Waals surface area contributed by atoms with Crippen molar-refractivity contribution >= 4 is 12.3 Å². The lowest BCUT2D eigenvalue weighted by Crippen LogP contribution is -2.33. The molecule has 1 unspecified atom stereocenters. The van der Waals surface area contributed by atoms with Crippen molar-refractivity contribution in [2.75, 3.05) is 7.05 Å². The summed E-state index contributed by atoms with van der Waals surface area (Å²) in [6.07, 6.45) is -0.273. The topological polar surface area (TPSA) is 55.4 Å². The van der Waals surface area contributed by atoms with Crippen LogP contribution in [0.1, 0.15) is 13.8 Å². The molecule has 11 heavy (non-hydrogen) atoms. The van der Waals surface area contributed by atoms with Crippen LogP contribution in [0.15, 0.2) is 0 Å². The van der Waals surface area contributed by atoms with Gasteiger partial charge in [-0.3, -0.25) is 14.9 Å². The number of likely N-dealkylation sites (N-methyl/N-ethyl adjacent to an activating group) is 1. The van der Waals surface area contributed by atoms with E-state index >= 15 is 0 Å². The molecule has 64 valence electrons. The van der Waals surface area contributed by atoms with Crippen LogP contribution in [-0.4, -0.2) is 25.5 Å². The summed E-state index contributed by atoms with van der Waals surface area (Å²) in [6, 6.07) is 0. The predicted molar refractivity (Wildman–Crippen MR) is 39.8 cm³/mol. The van der Waals surface area contributed by atoms with Crippen LogP contribution in [0, 0.1) is 5.92 Å². The molecule has 1 atom stereocenters. The van der Waals surface area contributed by atoms with Gasteiger partial charge >= 0.3 is 5.97 Å². The third-order valence-corrected chi connectivity index (χ3v) is 1.12. The van der Waals surface area contributed by atoms with E-state index < -0.39 is 6.23 Å². The molecule has 0 amide bonds. The van der Waals surface area contributed by atoms with Crippen molar-refractivity contribution in [2.24, 2.45) is 5.92 Å². The van der Waals surface area contributed by atoms with E-state index in [0.717, 1.165) is 0 Å². The average molecular weight is 159 g/mol. The molecule has 0 aromatic rings. The summed E-state index contributed by atoms with van der Waals surface area (Å²) in [5.41, 5.74) is 0. The predicted octanol–water partition coefficient (Wildman–Crippen LogP) is -0.0700. The molecule has 0 saturated carbocycles. The van der Waals surface area contributed by atoms with Gasteiger partial charge in [0.25, 0.3) is 0 Å². The molecule has 4 heteroatoms. The number of ether oxygens (including phenoxy) is 1. The Bertz CT molecular complexity index is 145. The maximum atomic E-state index is 10.8. The number of carbonyl (C=O) groups excluding carboxylic acids is 2. The fraction of sp³-hybridized carbons (Fsp3) is 0.714. The van der Waals surface area contributed by atoms with Crippen LogP contribution in [0.2, 0.25) is 0 Å². The van der Waals surface area contributed by atoms with Crippen LogP contribution in [0.4, 0.5) is 0 Å². The first-order chi connectivity index (χ1) is 5.11. The monoisotopic (exact) mass is 159 g/mol. The van der Waals surface area contributed by atoms with E-state index in [2.05, 4.69) is 5.32 Å². The zero-order valence-corrected chi connectivity index (χ0v) is 6.96. The first-order valence-corrected chi connectivity index (χ1v) is 3.45. The van der Waals surface area contributed by atoms with Crippen molar-refractivity contribution in [3.05, 3.63) is 0 Å². The van der Waals surface area contributed by atoms with Crippen molar-refractivity contribution in [2.45, 2.75) is 20.1 Å². The summed E-state index contributed by atoms with van der Waals surface area (Å²) in [5.74, 6) is -0.581. The molecule has 0 aromatic carbocycles. The second-order valence-corrected chi connectivity index (χ2v) is 2.44. The van der Waals surface area contributed by atoms with Gasteiger partial charge in [-0.25, -0.2) is 0 Å². The van der Waals surface area contributed by atoms with Gasteiger partial charge in [-0.1, -0.05) is 13.8 Å². The summed E-state index contributed by atoms with van der Waals surface area (Å²) >= 11 is 0. The number of esters is 1.